The summed E-state index contributed by atoms with van der Waals surface area (Å²) in [6, 6.07) is 1.08. The van der Waals surface area contributed by atoms with Crippen molar-refractivity contribution in [2.24, 2.45) is 0 Å². The Morgan fingerprint density at radius 3 is 2.47 bits per heavy atom. The lowest BCUT2D eigenvalue weighted by atomic mass is 10.0. The minimum atomic E-state index is -0.883. The second-order valence-corrected chi connectivity index (χ2v) is 4.77. The number of rotatable bonds is 2. The first-order chi connectivity index (χ1) is 6.93. The number of hydrogen-bond donors (Lipinski definition) is 3. The maximum absolute atomic E-state index is 13.0. The van der Waals surface area contributed by atoms with E-state index in [0.717, 1.165) is 6.07 Å². The average molecular weight is 277 g/mol. The summed E-state index contributed by atoms with van der Waals surface area (Å²) in [5, 5.41) is 28.4. The van der Waals surface area contributed by atoms with E-state index in [0.29, 0.717) is 22.9 Å². The van der Waals surface area contributed by atoms with Crippen LogP contribution in [-0.4, -0.2) is 20.9 Å². The van der Waals surface area contributed by atoms with E-state index in [1.54, 1.807) is 0 Å². The normalized spacial score (nSPS) is 17.8. The Bertz CT molecular complexity index is 416. The van der Waals surface area contributed by atoms with Crippen LogP contribution in [0.4, 0.5) is 4.39 Å². The molecule has 0 bridgehead atoms. The second-order valence-electron chi connectivity index (χ2n) is 3.92. The summed E-state index contributed by atoms with van der Waals surface area (Å²) in [6.07, 6.45) is 1.54. The number of aliphatic hydroxyl groups is 1. The summed E-state index contributed by atoms with van der Waals surface area (Å²) in [5.41, 5.74) is -0.460. The topological polar surface area (TPSA) is 60.7 Å². The van der Waals surface area contributed by atoms with Crippen LogP contribution < -0.4 is 0 Å². The molecular formula is C10H10BrFO3. The summed E-state index contributed by atoms with van der Waals surface area (Å²) in [6.45, 7) is 0. The van der Waals surface area contributed by atoms with Crippen molar-refractivity contribution in [2.45, 2.75) is 24.9 Å². The maximum atomic E-state index is 13.0. The lowest BCUT2D eigenvalue weighted by Gasteiger charge is -2.12. The number of phenolic OH excluding ortho intramolecular Hbond substituents is 2. The van der Waals surface area contributed by atoms with E-state index in [4.69, 9.17) is 0 Å². The fraction of sp³-hybridized carbons (Fsp3) is 0.400. The SMILES string of the molecule is Oc1c(F)cc(Br)c(CC2(O)CC2)c1O. The average Bonchev–Trinajstić information content (AvgIpc) is 2.89. The standard InChI is InChI=1S/C10H10BrFO3/c11-6-3-7(12)9(14)8(13)5(6)4-10(15)1-2-10/h3,13-15H,1-2,4H2. The molecule has 1 aliphatic carbocycles. The zero-order chi connectivity index (χ0) is 11.2. The highest BCUT2D eigenvalue weighted by Gasteiger charge is 2.41. The number of benzene rings is 1. The number of aromatic hydroxyl groups is 2. The minimum absolute atomic E-state index is 0.216. The van der Waals surface area contributed by atoms with Crippen LogP contribution in [0.3, 0.4) is 0 Å². The molecule has 0 spiro atoms. The molecule has 1 saturated carbocycles. The van der Waals surface area contributed by atoms with Gasteiger partial charge in [-0.25, -0.2) is 4.39 Å². The van der Waals surface area contributed by atoms with Gasteiger partial charge >= 0.3 is 0 Å². The van der Waals surface area contributed by atoms with Crippen LogP contribution in [0.15, 0.2) is 10.5 Å². The van der Waals surface area contributed by atoms with Crippen LogP contribution in [0.5, 0.6) is 11.5 Å². The van der Waals surface area contributed by atoms with Crippen LogP contribution in [0.2, 0.25) is 0 Å². The molecule has 0 atom stereocenters. The van der Waals surface area contributed by atoms with E-state index in [2.05, 4.69) is 15.9 Å². The highest BCUT2D eigenvalue weighted by molar-refractivity contribution is 9.10. The third-order valence-corrected chi connectivity index (χ3v) is 3.32. The molecule has 0 amide bonds. The highest BCUT2D eigenvalue weighted by Crippen LogP contribution is 2.44. The van der Waals surface area contributed by atoms with Crippen LogP contribution in [0, 0.1) is 5.82 Å². The first-order valence-electron chi connectivity index (χ1n) is 4.54. The second kappa shape index (κ2) is 3.35. The molecule has 15 heavy (non-hydrogen) atoms. The maximum Gasteiger partial charge on any atom is 0.194 e. The lowest BCUT2D eigenvalue weighted by molar-refractivity contribution is 0.149. The lowest BCUT2D eigenvalue weighted by Crippen LogP contribution is -2.11. The van der Waals surface area contributed by atoms with Crippen molar-refractivity contribution in [3.8, 4) is 11.5 Å². The van der Waals surface area contributed by atoms with Crippen molar-refractivity contribution in [1.82, 2.24) is 0 Å². The summed E-state index contributed by atoms with van der Waals surface area (Å²) in [7, 11) is 0. The van der Waals surface area contributed by atoms with Gasteiger partial charge in [-0.3, -0.25) is 0 Å². The molecule has 2 rings (SSSR count). The van der Waals surface area contributed by atoms with Gasteiger partial charge in [-0.2, -0.15) is 0 Å². The summed E-state index contributed by atoms with van der Waals surface area (Å²) >= 11 is 3.09. The van der Waals surface area contributed by atoms with Gasteiger partial charge in [0.2, 0.25) is 0 Å². The molecule has 3 nitrogen and oxygen atoms in total. The fourth-order valence-corrected chi connectivity index (χ4v) is 1.98. The van der Waals surface area contributed by atoms with E-state index in [1.807, 2.05) is 0 Å². The van der Waals surface area contributed by atoms with Crippen molar-refractivity contribution in [2.75, 3.05) is 0 Å². The van der Waals surface area contributed by atoms with Crippen LogP contribution in [0.1, 0.15) is 18.4 Å². The van der Waals surface area contributed by atoms with Crippen molar-refractivity contribution in [3.63, 3.8) is 0 Å². The van der Waals surface area contributed by atoms with Gasteiger partial charge in [0.1, 0.15) is 0 Å². The molecule has 82 valence electrons. The minimum Gasteiger partial charge on any atom is -0.504 e. The van der Waals surface area contributed by atoms with E-state index in [-0.39, 0.29) is 6.42 Å². The first kappa shape index (κ1) is 10.7. The van der Waals surface area contributed by atoms with Crippen LogP contribution in [0.25, 0.3) is 0 Å². The largest absolute Gasteiger partial charge is 0.504 e. The number of halogens is 2. The van der Waals surface area contributed by atoms with Gasteiger partial charge in [-0.05, 0) is 18.9 Å². The number of phenols is 2. The van der Waals surface area contributed by atoms with Crippen molar-refractivity contribution in [1.29, 1.82) is 0 Å². The van der Waals surface area contributed by atoms with E-state index >= 15 is 0 Å². The molecule has 0 radical (unpaired) electrons. The third kappa shape index (κ3) is 1.94. The van der Waals surface area contributed by atoms with Crippen LogP contribution in [-0.2, 0) is 6.42 Å². The molecule has 1 fully saturated rings. The van der Waals surface area contributed by atoms with Gasteiger partial charge in [0.05, 0.1) is 5.60 Å². The Kier molecular flexibility index (Phi) is 2.39. The van der Waals surface area contributed by atoms with E-state index in [1.165, 1.54) is 0 Å². The molecule has 0 aliphatic heterocycles. The Hall–Kier alpha value is -0.810. The van der Waals surface area contributed by atoms with Crippen molar-refractivity contribution >= 4 is 15.9 Å². The molecule has 0 saturated heterocycles. The molecule has 0 heterocycles. The quantitative estimate of drug-likeness (QED) is 0.725. The molecular weight excluding hydrogens is 267 g/mol. The Morgan fingerprint density at radius 1 is 1.33 bits per heavy atom. The van der Waals surface area contributed by atoms with Crippen molar-refractivity contribution in [3.05, 3.63) is 21.9 Å². The molecule has 3 N–H and O–H groups in total. The zero-order valence-corrected chi connectivity index (χ0v) is 9.38. The Labute approximate surface area is 94.3 Å². The van der Waals surface area contributed by atoms with Gasteiger partial charge in [0.25, 0.3) is 0 Å². The van der Waals surface area contributed by atoms with E-state index < -0.39 is 22.9 Å². The summed E-state index contributed by atoms with van der Waals surface area (Å²) < 4.78 is 13.3. The molecule has 0 unspecified atom stereocenters. The molecule has 1 aromatic carbocycles. The predicted octanol–water partition coefficient (Wildman–Crippen LogP) is 2.07. The molecule has 5 heteroatoms. The molecule has 1 aromatic rings. The smallest absolute Gasteiger partial charge is 0.194 e. The van der Waals surface area contributed by atoms with Gasteiger partial charge in [0.15, 0.2) is 17.3 Å². The molecule has 1 aliphatic rings. The van der Waals surface area contributed by atoms with Gasteiger partial charge < -0.3 is 15.3 Å². The summed E-state index contributed by atoms with van der Waals surface area (Å²) in [4.78, 5) is 0. The predicted molar refractivity (Wildman–Crippen MR) is 55.3 cm³/mol. The molecule has 0 aromatic heterocycles. The third-order valence-electron chi connectivity index (χ3n) is 2.61. The van der Waals surface area contributed by atoms with Crippen molar-refractivity contribution < 1.29 is 19.7 Å². The first-order valence-corrected chi connectivity index (χ1v) is 5.33. The fourth-order valence-electron chi connectivity index (χ4n) is 1.45. The Balaban J connectivity index is 2.41. The van der Waals surface area contributed by atoms with E-state index in [9.17, 15) is 19.7 Å². The van der Waals surface area contributed by atoms with Gasteiger partial charge in [0, 0.05) is 16.5 Å². The number of hydrogen-bond acceptors (Lipinski definition) is 3. The monoisotopic (exact) mass is 276 g/mol. The van der Waals surface area contributed by atoms with Gasteiger partial charge in [-0.1, -0.05) is 15.9 Å². The van der Waals surface area contributed by atoms with Crippen LogP contribution >= 0.6 is 15.9 Å². The Morgan fingerprint density at radius 2 is 1.93 bits per heavy atom. The zero-order valence-electron chi connectivity index (χ0n) is 7.80. The van der Waals surface area contributed by atoms with Gasteiger partial charge in [-0.15, -0.1) is 0 Å². The highest BCUT2D eigenvalue weighted by atomic mass is 79.9. The summed E-state index contributed by atoms with van der Waals surface area (Å²) in [5.74, 6) is -2.15.